The number of non-ortho nitro benzene ring substituents is 3. The Kier molecular flexibility index (Phi) is 16.6. The monoisotopic (exact) mass is 1060 g/mol. The molecule has 0 saturated carbocycles. The highest BCUT2D eigenvalue weighted by molar-refractivity contribution is 8.03. The number of amides is 6. The van der Waals surface area contributed by atoms with E-state index in [0.717, 1.165) is 16.7 Å². The van der Waals surface area contributed by atoms with Crippen LogP contribution in [-0.4, -0.2) is 143 Å². The molecular formula is C46H48N10O18S. The van der Waals surface area contributed by atoms with Crippen LogP contribution in [0.2, 0.25) is 0 Å². The van der Waals surface area contributed by atoms with Crippen LogP contribution in [0.15, 0.2) is 88.4 Å². The third-order valence-electron chi connectivity index (χ3n) is 12.6. The van der Waals surface area contributed by atoms with Gasteiger partial charge < -0.3 is 39.5 Å². The van der Waals surface area contributed by atoms with Gasteiger partial charge in [-0.3, -0.25) is 60.3 Å². The number of carbonyl (C=O) groups is 7. The fraction of sp³-hybridized carbons (Fsp3) is 0.391. The molecule has 3 aromatic rings. The summed E-state index contributed by atoms with van der Waals surface area (Å²) >= 11 is 1.11. The number of carbonyl (C=O) groups excluding carboxylic acids is 6. The largest absolute Gasteiger partial charge is 0.477 e. The molecule has 7 atom stereocenters. The van der Waals surface area contributed by atoms with Gasteiger partial charge in [0.15, 0.2) is 0 Å². The van der Waals surface area contributed by atoms with Gasteiger partial charge in [-0.2, -0.15) is 0 Å². The highest BCUT2D eigenvalue weighted by Gasteiger charge is 2.60. The number of aliphatic hydroxyl groups is 1. The molecule has 29 heteroatoms. The third kappa shape index (κ3) is 12.6. The molecule has 7 rings (SSSR count). The molecule has 3 aromatic carbocycles. The molecule has 3 saturated heterocycles. The molecule has 0 bridgehead atoms. The van der Waals surface area contributed by atoms with E-state index < -0.39 is 110 Å². The van der Waals surface area contributed by atoms with Crippen LogP contribution in [0, 0.1) is 42.2 Å². The van der Waals surface area contributed by atoms with Gasteiger partial charge in [0, 0.05) is 72.1 Å². The highest BCUT2D eigenvalue weighted by Crippen LogP contribution is 2.52. The molecule has 0 aliphatic carbocycles. The summed E-state index contributed by atoms with van der Waals surface area (Å²) < 4.78 is 15.9. The number of nitrogens with one attached hydrogen (secondary N) is 3. The lowest BCUT2D eigenvalue weighted by Gasteiger charge is -2.46. The first-order valence-electron chi connectivity index (χ1n) is 22.9. The van der Waals surface area contributed by atoms with E-state index in [1.165, 1.54) is 96.4 Å². The summed E-state index contributed by atoms with van der Waals surface area (Å²) in [5.41, 5.74) is 0.328. The topological polar surface area (TPSA) is 375 Å². The number of alkyl carbamates (subject to hydrolysis) is 2. The predicted molar refractivity (Wildman–Crippen MR) is 258 cm³/mol. The fourth-order valence-electron chi connectivity index (χ4n) is 8.74. The normalized spacial score (nSPS) is 20.6. The predicted octanol–water partition coefficient (Wildman–Crippen LogP) is 3.30. The summed E-state index contributed by atoms with van der Waals surface area (Å²) in [6.45, 7) is 3.28. The van der Waals surface area contributed by atoms with E-state index in [4.69, 9.17) is 14.2 Å². The van der Waals surface area contributed by atoms with Gasteiger partial charge in [0.1, 0.15) is 37.6 Å². The Labute approximate surface area is 428 Å². The van der Waals surface area contributed by atoms with Crippen molar-refractivity contribution < 1.29 is 72.8 Å². The highest BCUT2D eigenvalue weighted by atomic mass is 32.2. The summed E-state index contributed by atoms with van der Waals surface area (Å²) in [5, 5.41) is 60.3. The molecule has 75 heavy (non-hydrogen) atoms. The molecule has 0 unspecified atom stereocenters. The van der Waals surface area contributed by atoms with Crippen molar-refractivity contribution in [2.45, 2.75) is 82.5 Å². The molecule has 4 heterocycles. The number of aliphatic imine (C=N–C) groups is 1. The van der Waals surface area contributed by atoms with Gasteiger partial charge in [0.25, 0.3) is 17.1 Å². The molecule has 0 spiro atoms. The zero-order valence-electron chi connectivity index (χ0n) is 40.0. The quantitative estimate of drug-likeness (QED) is 0.0323. The molecular weight excluding hydrogens is 1010 g/mol. The van der Waals surface area contributed by atoms with Crippen LogP contribution in [0.1, 0.15) is 43.9 Å². The first kappa shape index (κ1) is 54.1. The minimum atomic E-state index is -1.36. The van der Waals surface area contributed by atoms with Crippen LogP contribution in [0.3, 0.4) is 0 Å². The smallest absolute Gasteiger partial charge is 0.414 e. The first-order valence-corrected chi connectivity index (χ1v) is 23.8. The number of likely N-dealkylation sites (tertiary alicyclic amines) is 2. The Morgan fingerprint density at radius 3 is 1.67 bits per heavy atom. The number of fused-ring (bicyclic) bond motifs is 1. The Balaban J connectivity index is 1.00. The Morgan fingerprint density at radius 2 is 1.23 bits per heavy atom. The van der Waals surface area contributed by atoms with E-state index in [1.807, 2.05) is 0 Å². The van der Waals surface area contributed by atoms with Gasteiger partial charge in [0.2, 0.25) is 23.7 Å². The Bertz CT molecular complexity index is 2760. The molecule has 5 N–H and O–H groups in total. The average molecular weight is 1060 g/mol. The number of benzene rings is 3. The summed E-state index contributed by atoms with van der Waals surface area (Å²) in [6, 6.07) is 11.8. The summed E-state index contributed by atoms with van der Waals surface area (Å²) in [5.74, 6) is -5.07. The fourth-order valence-corrected chi connectivity index (χ4v) is 10.3. The van der Waals surface area contributed by atoms with Crippen molar-refractivity contribution in [1.29, 1.82) is 0 Å². The van der Waals surface area contributed by atoms with E-state index in [-0.39, 0.29) is 68.6 Å². The van der Waals surface area contributed by atoms with Crippen molar-refractivity contribution in [1.82, 2.24) is 30.7 Å². The van der Waals surface area contributed by atoms with Crippen LogP contribution in [0.5, 0.6) is 0 Å². The number of β-lactam (4-membered cyclic amide) rings is 1. The first-order chi connectivity index (χ1) is 35.6. The SMILES string of the molecule is C[C@@H](N=C(NC(=O)OCc1ccc([N+](=O)[O-])cc1)NC(=O)OCc1ccc([N+](=O)[O-])cc1)C(=O)NC1CN(C(=O)[C@@H]2C[C@H](SC3=C(C(=O)O)N4C(=O)[C@H]([C@@H](C)O)[C@H]4[C@H]3C)CN2C(=O)OCc2ccc([N+](=O)[O-])cc2)C1. The molecule has 3 fully saturated rings. The number of thioether (sulfide) groups is 1. The number of ether oxygens (including phenoxy) is 3. The minimum Gasteiger partial charge on any atom is -0.477 e. The lowest BCUT2D eigenvalue weighted by atomic mass is 9.79. The Morgan fingerprint density at radius 1 is 0.760 bits per heavy atom. The summed E-state index contributed by atoms with van der Waals surface area (Å²) in [4.78, 5) is 132. The van der Waals surface area contributed by atoms with Crippen molar-refractivity contribution in [2.75, 3.05) is 19.6 Å². The van der Waals surface area contributed by atoms with Crippen molar-refractivity contribution >= 4 is 76.8 Å². The second kappa shape index (κ2) is 23.0. The number of carboxylic acid groups (broad SMARTS) is 1. The van der Waals surface area contributed by atoms with Gasteiger partial charge in [0.05, 0.1) is 38.9 Å². The molecule has 396 valence electrons. The zero-order chi connectivity index (χ0) is 54.4. The van der Waals surface area contributed by atoms with Gasteiger partial charge in [-0.15, -0.1) is 11.8 Å². The number of guanidine groups is 1. The van der Waals surface area contributed by atoms with Crippen molar-refractivity contribution in [3.63, 3.8) is 0 Å². The number of hydrogen-bond acceptors (Lipinski definition) is 19. The van der Waals surface area contributed by atoms with Crippen LogP contribution in [0.4, 0.5) is 31.4 Å². The lowest BCUT2D eigenvalue weighted by Crippen LogP contribution is -2.64. The number of aliphatic carboxylic acids is 1. The molecule has 0 radical (unpaired) electrons. The van der Waals surface area contributed by atoms with E-state index >= 15 is 0 Å². The zero-order valence-corrected chi connectivity index (χ0v) is 40.8. The summed E-state index contributed by atoms with van der Waals surface area (Å²) in [7, 11) is 0. The van der Waals surface area contributed by atoms with E-state index in [1.54, 1.807) is 6.92 Å². The number of hydrogen-bond donors (Lipinski definition) is 5. The molecule has 4 aliphatic rings. The number of nitro groups is 3. The van der Waals surface area contributed by atoms with Gasteiger partial charge >= 0.3 is 24.2 Å². The van der Waals surface area contributed by atoms with Gasteiger partial charge in [-0.1, -0.05) is 6.92 Å². The third-order valence-corrected chi connectivity index (χ3v) is 14.1. The maximum absolute atomic E-state index is 14.2. The average Bonchev–Trinajstić information content (AvgIpc) is 3.89. The summed E-state index contributed by atoms with van der Waals surface area (Å²) in [6.07, 6.45) is -4.26. The lowest BCUT2D eigenvalue weighted by molar-refractivity contribution is -0.385. The molecule has 6 amide bonds. The maximum atomic E-state index is 14.2. The minimum absolute atomic E-state index is 0.0202. The van der Waals surface area contributed by atoms with Crippen LogP contribution >= 0.6 is 11.8 Å². The van der Waals surface area contributed by atoms with Gasteiger partial charge in [-0.25, -0.2) is 24.2 Å². The van der Waals surface area contributed by atoms with E-state index in [9.17, 15) is 74.1 Å². The Hall–Kier alpha value is -8.73. The van der Waals surface area contributed by atoms with E-state index in [2.05, 4.69) is 20.9 Å². The number of nitrogens with zero attached hydrogens (tertiary/aromatic N) is 7. The van der Waals surface area contributed by atoms with Crippen molar-refractivity contribution in [2.24, 2.45) is 16.8 Å². The standard InChI is InChI=1S/C46H48N10O18S/c1-23-36-35(25(3)57)41(60)53(36)37(42(61)62)38(23)75-33-16-34(52(19-33)46(65)74-22-28-8-14-32(15-9-28)56(70)71)40(59)51-17-29(18-51)48-39(58)24(2)47-43(49-44(63)72-20-26-4-10-30(11-5-26)54(66)67)50-45(64)73-21-27-6-12-31(13-7-27)55(68)69/h4-15,23-25,29,33-36,57H,16-22H2,1-3H3,(H,48,58)(H,61,62)(H2,47,49,50,63,64)/t23-,24-,25-,33+,34+,35-,36-/m1/s1. The number of aliphatic hydroxyl groups excluding tert-OH is 1. The maximum Gasteiger partial charge on any atom is 0.414 e. The van der Waals surface area contributed by atoms with Gasteiger partial charge in [-0.05, 0) is 73.4 Å². The van der Waals surface area contributed by atoms with Crippen LogP contribution in [-0.2, 0) is 53.2 Å². The number of nitro benzene ring substituents is 3. The number of carboxylic acids is 1. The second-order valence-electron chi connectivity index (χ2n) is 17.7. The molecule has 28 nitrogen and oxygen atoms in total. The van der Waals surface area contributed by atoms with Crippen LogP contribution in [0.25, 0.3) is 0 Å². The van der Waals surface area contributed by atoms with E-state index in [0.29, 0.717) is 21.6 Å². The van der Waals surface area contributed by atoms with Crippen LogP contribution < -0.4 is 16.0 Å². The molecule has 4 aliphatic heterocycles. The number of rotatable bonds is 17. The van der Waals surface area contributed by atoms with Crippen molar-refractivity contribution in [3.05, 3.63) is 130 Å². The second-order valence-corrected chi connectivity index (χ2v) is 19.1. The molecule has 0 aromatic heterocycles. The van der Waals surface area contributed by atoms with Crippen molar-refractivity contribution in [3.8, 4) is 0 Å².